The summed E-state index contributed by atoms with van der Waals surface area (Å²) in [6, 6.07) is 80.4. The Kier molecular flexibility index (Phi) is 7.69. The van der Waals surface area contributed by atoms with Crippen molar-refractivity contribution in [3.8, 4) is 106 Å². The number of fused-ring (bicyclic) bond motifs is 19. The number of para-hydroxylation sites is 3. The molecule has 302 valence electrons. The predicted octanol–water partition coefficient (Wildman–Crippen LogP) is 16.3. The van der Waals surface area contributed by atoms with Gasteiger partial charge < -0.3 is 13.7 Å². The van der Waals surface area contributed by atoms with Crippen LogP contribution in [0.4, 0.5) is 0 Å². The molecule has 0 aliphatic heterocycles. The highest BCUT2D eigenvalue weighted by atomic mass is 15.0. The zero-order chi connectivity index (χ0) is 42.6. The van der Waals surface area contributed by atoms with Gasteiger partial charge in [0.15, 0.2) is 0 Å². The van der Waals surface area contributed by atoms with E-state index in [0.29, 0.717) is 0 Å². The highest BCUT2D eigenvalue weighted by Gasteiger charge is 2.28. The van der Waals surface area contributed by atoms with Crippen LogP contribution in [0.15, 0.2) is 237 Å². The molecular weight excluding hydrogens is 787 g/mol. The standard InChI is InChI=1S/C62H39N3/c1-2-16-40(17-3-1)64-35-34-55-45-20-6-9-23-48(45)58-38-63(39-59(58)49-24-10-11-27-54(49)62(55)64)41-30-32-50-51-33-31-42(65-60-28-14-12-25-52(60)53-26-13-15-29-61(53)65)37-57(51)47-22-8-5-19-44(47)43-18-4-7-21-46(43)56(50)36-41/h1-39H. The van der Waals surface area contributed by atoms with Crippen molar-refractivity contribution < 1.29 is 0 Å². The minimum Gasteiger partial charge on any atom is -0.323 e. The van der Waals surface area contributed by atoms with Gasteiger partial charge >= 0.3 is 0 Å². The number of hydrogen-bond donors (Lipinski definition) is 0. The van der Waals surface area contributed by atoms with Crippen LogP contribution in [0.25, 0.3) is 128 Å². The van der Waals surface area contributed by atoms with Gasteiger partial charge in [0.05, 0.1) is 16.7 Å². The van der Waals surface area contributed by atoms with E-state index in [1.165, 1.54) is 111 Å². The molecule has 0 bridgehead atoms. The van der Waals surface area contributed by atoms with E-state index in [-0.39, 0.29) is 0 Å². The molecule has 0 saturated carbocycles. The number of rotatable bonds is 3. The quantitative estimate of drug-likeness (QED) is 0.169. The molecule has 2 aliphatic carbocycles. The largest absolute Gasteiger partial charge is 0.323 e. The molecule has 12 aromatic rings. The van der Waals surface area contributed by atoms with Crippen molar-refractivity contribution in [3.05, 3.63) is 237 Å². The topological polar surface area (TPSA) is 14.8 Å². The molecule has 0 unspecified atom stereocenters. The lowest BCUT2D eigenvalue weighted by Crippen LogP contribution is -2.01. The minimum absolute atomic E-state index is 1.11. The first-order valence-corrected chi connectivity index (χ1v) is 22.4. The van der Waals surface area contributed by atoms with Crippen molar-refractivity contribution >= 4 is 21.8 Å². The first-order chi connectivity index (χ1) is 32.3. The van der Waals surface area contributed by atoms with Crippen LogP contribution >= 0.6 is 0 Å². The van der Waals surface area contributed by atoms with Gasteiger partial charge in [-0.05, 0) is 116 Å². The van der Waals surface area contributed by atoms with Gasteiger partial charge in [-0.1, -0.05) is 164 Å². The van der Waals surface area contributed by atoms with Crippen molar-refractivity contribution in [3.63, 3.8) is 0 Å². The highest BCUT2D eigenvalue weighted by Crippen LogP contribution is 2.52. The maximum absolute atomic E-state index is 2.43. The normalized spacial score (nSPS) is 12.0. The fourth-order valence-corrected chi connectivity index (χ4v) is 11.0. The first-order valence-electron chi connectivity index (χ1n) is 22.4. The van der Waals surface area contributed by atoms with Crippen LogP contribution in [0.3, 0.4) is 0 Å². The van der Waals surface area contributed by atoms with Gasteiger partial charge in [0, 0.05) is 68.7 Å². The summed E-state index contributed by atoms with van der Waals surface area (Å²) < 4.78 is 7.13. The SMILES string of the molecule is c1ccc(-n2ccc3c2-c2ccccc2-c2cn(-c4ccc5c(c4)-c4ccccc4-c4ccccc4-c4cc(-n6c7ccccc7c7ccccc76)ccc4-5)cc2-c2ccccc2-3)cc1. The molecule has 0 saturated heterocycles. The minimum atomic E-state index is 1.11. The summed E-state index contributed by atoms with van der Waals surface area (Å²) in [5.74, 6) is 0. The second-order valence-electron chi connectivity index (χ2n) is 17.3. The summed E-state index contributed by atoms with van der Waals surface area (Å²) in [5.41, 5.74) is 25.4. The van der Waals surface area contributed by atoms with Gasteiger partial charge in [-0.25, -0.2) is 0 Å². The second kappa shape index (κ2) is 13.9. The zero-order valence-corrected chi connectivity index (χ0v) is 35.4. The second-order valence-corrected chi connectivity index (χ2v) is 17.3. The molecule has 3 aromatic heterocycles. The van der Waals surface area contributed by atoms with Crippen LogP contribution in [0.1, 0.15) is 0 Å². The summed E-state index contributed by atoms with van der Waals surface area (Å²) in [5, 5.41) is 2.52. The Hall–Kier alpha value is -8.66. The molecule has 3 heteroatoms. The van der Waals surface area contributed by atoms with Crippen LogP contribution in [-0.2, 0) is 0 Å². The van der Waals surface area contributed by atoms with E-state index in [4.69, 9.17) is 0 Å². The third kappa shape index (κ3) is 5.30. The maximum atomic E-state index is 2.43. The Balaban J connectivity index is 0.984. The zero-order valence-electron chi connectivity index (χ0n) is 35.4. The third-order valence-corrected chi connectivity index (χ3v) is 13.9. The molecule has 0 fully saturated rings. The van der Waals surface area contributed by atoms with Crippen LogP contribution in [-0.4, -0.2) is 13.7 Å². The average Bonchev–Trinajstić information content (AvgIpc) is 4.10. The monoisotopic (exact) mass is 825 g/mol. The molecule has 0 N–H and O–H groups in total. The van der Waals surface area contributed by atoms with Gasteiger partial charge in [-0.15, -0.1) is 0 Å². The van der Waals surface area contributed by atoms with E-state index in [1.807, 2.05) is 0 Å². The van der Waals surface area contributed by atoms with Crippen LogP contribution < -0.4 is 0 Å². The number of benzene rings is 9. The molecule has 14 rings (SSSR count). The van der Waals surface area contributed by atoms with E-state index < -0.39 is 0 Å². The molecule has 65 heavy (non-hydrogen) atoms. The molecule has 2 aliphatic rings. The average molecular weight is 826 g/mol. The van der Waals surface area contributed by atoms with E-state index >= 15 is 0 Å². The molecule has 0 radical (unpaired) electrons. The summed E-state index contributed by atoms with van der Waals surface area (Å²) in [4.78, 5) is 0. The molecule has 0 spiro atoms. The van der Waals surface area contributed by atoms with Gasteiger partial charge in [0.1, 0.15) is 0 Å². The Morgan fingerprint density at radius 2 is 0.646 bits per heavy atom. The molecule has 3 heterocycles. The fraction of sp³-hybridized carbons (Fsp3) is 0. The molecule has 0 atom stereocenters. The third-order valence-electron chi connectivity index (χ3n) is 13.9. The smallest absolute Gasteiger partial charge is 0.0613 e. The molecular formula is C62H39N3. The van der Waals surface area contributed by atoms with Gasteiger partial charge in [0.25, 0.3) is 0 Å². The molecule has 0 amide bonds. The van der Waals surface area contributed by atoms with Crippen LogP contribution in [0.2, 0.25) is 0 Å². The maximum Gasteiger partial charge on any atom is 0.0613 e. The van der Waals surface area contributed by atoms with Gasteiger partial charge in [-0.2, -0.15) is 0 Å². The lowest BCUT2D eigenvalue weighted by Gasteiger charge is -2.24. The summed E-state index contributed by atoms with van der Waals surface area (Å²) >= 11 is 0. The Labute approximate surface area is 377 Å². The van der Waals surface area contributed by atoms with E-state index in [1.54, 1.807) is 0 Å². The lowest BCUT2D eigenvalue weighted by atomic mass is 9.80. The van der Waals surface area contributed by atoms with Crippen LogP contribution in [0, 0.1) is 0 Å². The molecule has 3 nitrogen and oxygen atoms in total. The Morgan fingerprint density at radius 1 is 0.246 bits per heavy atom. The number of hydrogen-bond acceptors (Lipinski definition) is 0. The molecule has 9 aromatic carbocycles. The number of aromatic nitrogens is 3. The summed E-state index contributed by atoms with van der Waals surface area (Å²) in [7, 11) is 0. The van der Waals surface area contributed by atoms with Crippen molar-refractivity contribution in [1.82, 2.24) is 13.7 Å². The van der Waals surface area contributed by atoms with E-state index in [0.717, 1.165) is 17.1 Å². The van der Waals surface area contributed by atoms with Crippen molar-refractivity contribution in [2.45, 2.75) is 0 Å². The first kappa shape index (κ1) is 35.9. The predicted molar refractivity (Wildman–Crippen MR) is 270 cm³/mol. The van der Waals surface area contributed by atoms with Crippen LogP contribution in [0.5, 0.6) is 0 Å². The van der Waals surface area contributed by atoms with E-state index in [2.05, 4.69) is 251 Å². The van der Waals surface area contributed by atoms with Crippen molar-refractivity contribution in [2.24, 2.45) is 0 Å². The van der Waals surface area contributed by atoms with Crippen molar-refractivity contribution in [2.75, 3.05) is 0 Å². The van der Waals surface area contributed by atoms with Crippen molar-refractivity contribution in [1.29, 1.82) is 0 Å². The summed E-state index contributed by atoms with van der Waals surface area (Å²) in [6.45, 7) is 0. The fourth-order valence-electron chi connectivity index (χ4n) is 11.0. The van der Waals surface area contributed by atoms with Gasteiger partial charge in [-0.3, -0.25) is 0 Å². The van der Waals surface area contributed by atoms with Gasteiger partial charge in [0.2, 0.25) is 0 Å². The Bertz CT molecular complexity index is 3840. The van der Waals surface area contributed by atoms with E-state index in [9.17, 15) is 0 Å². The Morgan fingerprint density at radius 3 is 1.22 bits per heavy atom. The number of nitrogens with zero attached hydrogens (tertiary/aromatic N) is 3. The highest BCUT2D eigenvalue weighted by molar-refractivity contribution is 6.10. The lowest BCUT2D eigenvalue weighted by molar-refractivity contribution is 1.08. The summed E-state index contributed by atoms with van der Waals surface area (Å²) in [6.07, 6.45) is 6.92.